The fourth-order valence-corrected chi connectivity index (χ4v) is 1.18. The summed E-state index contributed by atoms with van der Waals surface area (Å²) in [5.41, 5.74) is 1.37. The quantitative estimate of drug-likeness (QED) is 0.356. The predicted molar refractivity (Wildman–Crippen MR) is 64.7 cm³/mol. The molecule has 18 heavy (non-hydrogen) atoms. The molecule has 1 rings (SSSR count). The molecular weight excluding hydrogens is 238 g/mol. The summed E-state index contributed by atoms with van der Waals surface area (Å²) in [5, 5.41) is 15.7. The minimum absolute atomic E-state index is 0.0671. The molecule has 0 radical (unpaired) electrons. The molecule has 3 amide bonds. The van der Waals surface area contributed by atoms with Crippen molar-refractivity contribution in [2.75, 3.05) is 12.0 Å². The Morgan fingerprint density at radius 2 is 1.89 bits per heavy atom. The zero-order valence-corrected chi connectivity index (χ0v) is 9.90. The van der Waals surface area contributed by atoms with Crippen LogP contribution in [0.25, 0.3) is 0 Å². The van der Waals surface area contributed by atoms with Gasteiger partial charge in [-0.15, -0.1) is 0 Å². The average Bonchev–Trinajstić information content (AvgIpc) is 2.31. The number of urea groups is 1. The molecule has 7 heteroatoms. The molecule has 0 spiro atoms. The van der Waals surface area contributed by atoms with Crippen molar-refractivity contribution in [3.8, 4) is 0 Å². The van der Waals surface area contributed by atoms with Gasteiger partial charge in [0, 0.05) is 12.6 Å². The summed E-state index contributed by atoms with van der Waals surface area (Å²) in [5.74, 6) is -0.219. The zero-order valence-electron chi connectivity index (χ0n) is 9.90. The summed E-state index contributed by atoms with van der Waals surface area (Å²) in [7, 11) is 0. The molecule has 0 heterocycles. The van der Waals surface area contributed by atoms with E-state index >= 15 is 0 Å². The summed E-state index contributed by atoms with van der Waals surface area (Å²) in [6, 6.07) is 6.34. The zero-order chi connectivity index (χ0) is 13.4. The standard InChI is InChI=1S/C11H15N3O4/c1-8(15)12-7-13-11(16)14-10-4-2-9(3-5-10)6-18-17/h2-5,17H,6-7H2,1H3,(H,12,15)(H2,13,14,16). The molecule has 0 saturated carbocycles. The van der Waals surface area contributed by atoms with E-state index in [1.54, 1.807) is 24.3 Å². The normalized spacial score (nSPS) is 9.67. The first-order valence-corrected chi connectivity index (χ1v) is 5.26. The molecule has 0 saturated heterocycles. The molecule has 0 fully saturated rings. The number of amides is 3. The summed E-state index contributed by atoms with van der Waals surface area (Å²) in [6.07, 6.45) is 0. The third kappa shape index (κ3) is 5.28. The number of benzene rings is 1. The van der Waals surface area contributed by atoms with Crippen LogP contribution >= 0.6 is 0 Å². The lowest BCUT2D eigenvalue weighted by Crippen LogP contribution is -2.38. The van der Waals surface area contributed by atoms with Crippen molar-refractivity contribution >= 4 is 17.6 Å². The van der Waals surface area contributed by atoms with Crippen LogP contribution in [-0.2, 0) is 16.3 Å². The first kappa shape index (κ1) is 13.9. The third-order valence-corrected chi connectivity index (χ3v) is 2.03. The number of rotatable bonds is 5. The number of hydrogen-bond donors (Lipinski definition) is 4. The molecule has 0 aromatic heterocycles. The van der Waals surface area contributed by atoms with Crippen LogP contribution in [0.5, 0.6) is 0 Å². The van der Waals surface area contributed by atoms with Crippen molar-refractivity contribution in [1.29, 1.82) is 0 Å². The molecular formula is C11H15N3O4. The number of nitrogens with one attached hydrogen (secondary N) is 3. The van der Waals surface area contributed by atoms with Crippen molar-refractivity contribution in [1.82, 2.24) is 10.6 Å². The van der Waals surface area contributed by atoms with Gasteiger partial charge >= 0.3 is 6.03 Å². The van der Waals surface area contributed by atoms with Gasteiger partial charge in [0.1, 0.15) is 6.61 Å². The highest BCUT2D eigenvalue weighted by atomic mass is 17.1. The Balaban J connectivity index is 2.37. The average molecular weight is 253 g/mol. The molecule has 0 bridgehead atoms. The Kier molecular flexibility index (Phi) is 5.62. The Bertz CT molecular complexity index is 405. The van der Waals surface area contributed by atoms with Crippen LogP contribution in [0, 0.1) is 0 Å². The van der Waals surface area contributed by atoms with E-state index in [4.69, 9.17) is 5.26 Å². The van der Waals surface area contributed by atoms with E-state index in [1.807, 2.05) is 0 Å². The van der Waals surface area contributed by atoms with Crippen LogP contribution in [-0.4, -0.2) is 23.9 Å². The molecule has 98 valence electrons. The predicted octanol–water partition coefficient (Wildman–Crippen LogP) is 0.891. The van der Waals surface area contributed by atoms with Crippen molar-refractivity contribution in [2.45, 2.75) is 13.5 Å². The Morgan fingerprint density at radius 3 is 2.44 bits per heavy atom. The number of hydrogen-bond acceptors (Lipinski definition) is 4. The summed E-state index contributed by atoms with van der Waals surface area (Å²) in [4.78, 5) is 25.9. The maximum Gasteiger partial charge on any atom is 0.320 e. The summed E-state index contributed by atoms with van der Waals surface area (Å²) >= 11 is 0. The van der Waals surface area contributed by atoms with Crippen LogP contribution in [0.15, 0.2) is 24.3 Å². The lowest BCUT2D eigenvalue weighted by atomic mass is 10.2. The van der Waals surface area contributed by atoms with E-state index in [9.17, 15) is 9.59 Å². The second-order valence-electron chi connectivity index (χ2n) is 3.51. The van der Waals surface area contributed by atoms with E-state index < -0.39 is 6.03 Å². The first-order chi connectivity index (χ1) is 8.61. The number of carbonyl (C=O) groups excluding carboxylic acids is 2. The minimum Gasteiger partial charge on any atom is -0.339 e. The Labute approximate surface area is 104 Å². The fraction of sp³-hybridized carbons (Fsp3) is 0.273. The van der Waals surface area contributed by atoms with Gasteiger partial charge in [0.15, 0.2) is 0 Å². The smallest absolute Gasteiger partial charge is 0.320 e. The molecule has 4 N–H and O–H groups in total. The van der Waals surface area contributed by atoms with Gasteiger partial charge in [-0.1, -0.05) is 12.1 Å². The highest BCUT2D eigenvalue weighted by Crippen LogP contribution is 2.09. The van der Waals surface area contributed by atoms with Crippen LogP contribution < -0.4 is 16.0 Å². The van der Waals surface area contributed by atoms with Gasteiger partial charge in [0.25, 0.3) is 0 Å². The Morgan fingerprint density at radius 1 is 1.22 bits per heavy atom. The second-order valence-corrected chi connectivity index (χ2v) is 3.51. The summed E-state index contributed by atoms with van der Waals surface area (Å²) in [6.45, 7) is 1.52. The maximum absolute atomic E-state index is 11.4. The number of carbonyl (C=O) groups is 2. The van der Waals surface area contributed by atoms with Gasteiger partial charge in [-0.25, -0.2) is 9.68 Å². The largest absolute Gasteiger partial charge is 0.339 e. The Hall–Kier alpha value is -2.12. The molecule has 0 aliphatic rings. The molecule has 0 aliphatic heterocycles. The van der Waals surface area contributed by atoms with Crippen LogP contribution in [0.4, 0.5) is 10.5 Å². The van der Waals surface area contributed by atoms with E-state index in [0.717, 1.165) is 5.56 Å². The molecule has 1 aromatic carbocycles. The molecule has 0 atom stereocenters. The van der Waals surface area contributed by atoms with Gasteiger partial charge in [0.05, 0.1) is 6.67 Å². The molecule has 1 aromatic rings. The van der Waals surface area contributed by atoms with Crippen LogP contribution in [0.3, 0.4) is 0 Å². The molecule has 0 aliphatic carbocycles. The number of anilines is 1. The van der Waals surface area contributed by atoms with E-state index in [1.165, 1.54) is 6.92 Å². The van der Waals surface area contributed by atoms with Gasteiger partial charge in [-0.05, 0) is 17.7 Å². The molecule has 0 unspecified atom stereocenters. The fourth-order valence-electron chi connectivity index (χ4n) is 1.18. The van der Waals surface area contributed by atoms with E-state index in [0.29, 0.717) is 5.69 Å². The highest BCUT2D eigenvalue weighted by molar-refractivity contribution is 5.89. The van der Waals surface area contributed by atoms with E-state index in [2.05, 4.69) is 20.8 Å². The maximum atomic E-state index is 11.4. The van der Waals surface area contributed by atoms with Crippen molar-refractivity contribution in [2.24, 2.45) is 0 Å². The van der Waals surface area contributed by atoms with E-state index in [-0.39, 0.29) is 19.2 Å². The lowest BCUT2D eigenvalue weighted by molar-refractivity contribution is -0.253. The topological polar surface area (TPSA) is 99.7 Å². The van der Waals surface area contributed by atoms with Crippen molar-refractivity contribution in [3.63, 3.8) is 0 Å². The van der Waals surface area contributed by atoms with Gasteiger partial charge in [0.2, 0.25) is 5.91 Å². The second kappa shape index (κ2) is 7.25. The minimum atomic E-state index is -0.421. The highest BCUT2D eigenvalue weighted by Gasteiger charge is 2.01. The van der Waals surface area contributed by atoms with Crippen LogP contribution in [0.2, 0.25) is 0 Å². The monoisotopic (exact) mass is 253 g/mol. The van der Waals surface area contributed by atoms with Gasteiger partial charge in [-0.2, -0.15) is 0 Å². The first-order valence-electron chi connectivity index (χ1n) is 5.26. The van der Waals surface area contributed by atoms with Crippen LogP contribution in [0.1, 0.15) is 12.5 Å². The van der Waals surface area contributed by atoms with Crippen molar-refractivity contribution in [3.05, 3.63) is 29.8 Å². The lowest BCUT2D eigenvalue weighted by Gasteiger charge is -2.08. The van der Waals surface area contributed by atoms with Gasteiger partial charge < -0.3 is 16.0 Å². The van der Waals surface area contributed by atoms with Gasteiger partial charge in [-0.3, -0.25) is 10.1 Å². The third-order valence-electron chi connectivity index (χ3n) is 2.03. The SMILES string of the molecule is CC(=O)NCNC(=O)Nc1ccc(COO)cc1. The molecule has 7 nitrogen and oxygen atoms in total. The summed E-state index contributed by atoms with van der Waals surface area (Å²) < 4.78 is 0. The van der Waals surface area contributed by atoms with Crippen molar-refractivity contribution < 1.29 is 19.7 Å².